The van der Waals surface area contributed by atoms with Crippen molar-refractivity contribution in [2.75, 3.05) is 53.4 Å². The van der Waals surface area contributed by atoms with E-state index in [1.165, 1.54) is 4.90 Å². The first-order valence-electron chi connectivity index (χ1n) is 14.7. The number of fused-ring (bicyclic) bond motifs is 1. The fraction of sp³-hybridized carbons (Fsp3) is 0.733. The van der Waals surface area contributed by atoms with E-state index in [0.29, 0.717) is 57.2 Å². The molecule has 3 aliphatic carbocycles. The van der Waals surface area contributed by atoms with Crippen molar-refractivity contribution >= 4 is 11.9 Å². The van der Waals surface area contributed by atoms with Gasteiger partial charge in [-0.05, 0) is 107 Å². The van der Waals surface area contributed by atoms with Gasteiger partial charge in [-0.3, -0.25) is 14.6 Å². The maximum absolute atomic E-state index is 14.2. The Labute approximate surface area is 226 Å². The number of nitrogens with zero attached hydrogens (tertiary/aromatic N) is 4. The molecule has 2 bridgehead atoms. The third-order valence-electron chi connectivity index (χ3n) is 10.1. The third kappa shape index (κ3) is 4.62. The summed E-state index contributed by atoms with van der Waals surface area (Å²) >= 11 is 0. The standard InChI is InChI=1S/C30H44N4O4/c1-31(2)14-15-32-13-11-29-18-27(36)34(20-22-6-7-22)28(37)33(19-21-4-5-21)12-3-10-30(29,38)26(32)16-23-8-9-24(35)17-25(23)29/h8-9,17,21-22,26,35,38H,3-7,10-16,18-20H2,1-2H3/t26-,29-,30-/m1/s1. The number of piperidine rings is 1. The van der Waals surface area contributed by atoms with Gasteiger partial charge in [0.2, 0.25) is 5.91 Å². The number of aliphatic hydroxyl groups is 1. The molecule has 5 aliphatic rings. The van der Waals surface area contributed by atoms with Gasteiger partial charge in [-0.2, -0.15) is 0 Å². The maximum atomic E-state index is 14.2. The third-order valence-corrected chi connectivity index (χ3v) is 10.1. The highest BCUT2D eigenvalue weighted by Gasteiger charge is 2.63. The van der Waals surface area contributed by atoms with Crippen LogP contribution < -0.4 is 0 Å². The summed E-state index contributed by atoms with van der Waals surface area (Å²) < 4.78 is 0. The van der Waals surface area contributed by atoms with Crippen molar-refractivity contribution in [3.63, 3.8) is 0 Å². The fourth-order valence-electron chi connectivity index (χ4n) is 7.51. The van der Waals surface area contributed by atoms with Gasteiger partial charge >= 0.3 is 6.03 Å². The molecule has 0 radical (unpaired) electrons. The number of hydrogen-bond acceptors (Lipinski definition) is 6. The second kappa shape index (κ2) is 9.79. The predicted molar refractivity (Wildman–Crippen MR) is 145 cm³/mol. The van der Waals surface area contributed by atoms with Crippen LogP contribution in [0.25, 0.3) is 0 Å². The van der Waals surface area contributed by atoms with E-state index in [1.54, 1.807) is 12.1 Å². The number of likely N-dealkylation sites (N-methyl/N-ethyl adjacent to an activating group) is 1. The van der Waals surface area contributed by atoms with E-state index in [2.05, 4.69) is 23.9 Å². The Hall–Kier alpha value is -2.16. The van der Waals surface area contributed by atoms with Gasteiger partial charge in [0.1, 0.15) is 5.75 Å². The number of urea groups is 1. The first-order chi connectivity index (χ1) is 18.2. The molecule has 2 saturated carbocycles. The Morgan fingerprint density at radius 3 is 2.47 bits per heavy atom. The van der Waals surface area contributed by atoms with Crippen LogP contribution in [0.5, 0.6) is 5.75 Å². The van der Waals surface area contributed by atoms with Crippen molar-refractivity contribution in [1.29, 1.82) is 0 Å². The van der Waals surface area contributed by atoms with E-state index < -0.39 is 11.0 Å². The molecule has 38 heavy (non-hydrogen) atoms. The maximum Gasteiger partial charge on any atom is 0.326 e. The number of hydrogen-bond donors (Lipinski definition) is 2. The summed E-state index contributed by atoms with van der Waals surface area (Å²) in [4.78, 5) is 36.1. The minimum absolute atomic E-state index is 0.105. The molecule has 0 aromatic heterocycles. The molecule has 1 aromatic carbocycles. The number of imide groups is 1. The van der Waals surface area contributed by atoms with Gasteiger partial charge < -0.3 is 20.0 Å². The van der Waals surface area contributed by atoms with E-state index in [1.807, 2.05) is 11.0 Å². The second-order valence-corrected chi connectivity index (χ2v) is 13.1. The average Bonchev–Trinajstić information content (AvgIpc) is 3.79. The van der Waals surface area contributed by atoms with E-state index >= 15 is 0 Å². The summed E-state index contributed by atoms with van der Waals surface area (Å²) in [6.07, 6.45) is 7.10. The minimum Gasteiger partial charge on any atom is -0.508 e. The molecule has 3 amide bonds. The average molecular weight is 525 g/mol. The number of benzene rings is 1. The highest BCUT2D eigenvalue weighted by atomic mass is 16.3. The fourth-order valence-corrected chi connectivity index (χ4v) is 7.51. The number of aromatic hydroxyl groups is 1. The predicted octanol–water partition coefficient (Wildman–Crippen LogP) is 2.81. The molecule has 2 heterocycles. The molecule has 2 saturated heterocycles. The summed E-state index contributed by atoms with van der Waals surface area (Å²) in [7, 11) is 4.15. The van der Waals surface area contributed by atoms with Crippen molar-refractivity contribution in [3.8, 4) is 5.75 Å². The van der Waals surface area contributed by atoms with Crippen LogP contribution in [0.4, 0.5) is 4.79 Å². The zero-order valence-corrected chi connectivity index (χ0v) is 23.1. The van der Waals surface area contributed by atoms with E-state index in [4.69, 9.17) is 0 Å². The van der Waals surface area contributed by atoms with Crippen LogP contribution in [0.3, 0.4) is 0 Å². The number of phenols is 1. The first kappa shape index (κ1) is 26.1. The Balaban J connectivity index is 1.42. The van der Waals surface area contributed by atoms with E-state index in [0.717, 1.165) is 56.4 Å². The molecule has 0 spiro atoms. The number of rotatable bonds is 7. The summed E-state index contributed by atoms with van der Waals surface area (Å²) in [5.41, 5.74) is 0.0693. The van der Waals surface area contributed by atoms with Crippen LogP contribution in [-0.2, 0) is 16.6 Å². The quantitative estimate of drug-likeness (QED) is 0.571. The van der Waals surface area contributed by atoms with Gasteiger partial charge in [0.15, 0.2) is 0 Å². The largest absolute Gasteiger partial charge is 0.508 e. The van der Waals surface area contributed by atoms with Gasteiger partial charge in [-0.1, -0.05) is 6.07 Å². The molecule has 6 rings (SSSR count). The number of phenolic OH excluding ortho intramolecular Hbond substituents is 1. The number of likely N-dealkylation sites (tertiary alicyclic amines) is 1. The molecule has 4 fully saturated rings. The molecule has 2 N–H and O–H groups in total. The summed E-state index contributed by atoms with van der Waals surface area (Å²) in [6, 6.07) is 5.24. The van der Waals surface area contributed by atoms with E-state index in [9.17, 15) is 19.8 Å². The normalized spacial score (nSPS) is 32.4. The van der Waals surface area contributed by atoms with Crippen LogP contribution in [0.1, 0.15) is 62.5 Å². The van der Waals surface area contributed by atoms with Gasteiger partial charge in [-0.25, -0.2) is 4.79 Å². The lowest BCUT2D eigenvalue weighted by atomic mass is 9.52. The molecule has 8 heteroatoms. The zero-order chi connectivity index (χ0) is 26.7. The Kier molecular flexibility index (Phi) is 6.72. The zero-order valence-electron chi connectivity index (χ0n) is 23.1. The lowest BCUT2D eigenvalue weighted by Gasteiger charge is -2.62. The van der Waals surface area contributed by atoms with E-state index in [-0.39, 0.29) is 30.2 Å². The van der Waals surface area contributed by atoms with Crippen molar-refractivity contribution in [1.82, 2.24) is 19.6 Å². The lowest BCUT2D eigenvalue weighted by molar-refractivity contribution is -0.165. The Morgan fingerprint density at radius 1 is 1.03 bits per heavy atom. The Bertz CT molecular complexity index is 1090. The monoisotopic (exact) mass is 524 g/mol. The molecule has 208 valence electrons. The topological polar surface area (TPSA) is 87.6 Å². The number of carbonyl (C=O) groups is 2. The molecular formula is C30H44N4O4. The number of amides is 3. The molecule has 3 atom stereocenters. The minimum atomic E-state index is -1.12. The van der Waals surface area contributed by atoms with Crippen molar-refractivity contribution in [3.05, 3.63) is 29.3 Å². The van der Waals surface area contributed by atoms with Crippen LogP contribution in [-0.4, -0.2) is 107 Å². The Morgan fingerprint density at radius 2 is 1.76 bits per heavy atom. The first-order valence-corrected chi connectivity index (χ1v) is 14.7. The van der Waals surface area contributed by atoms with Gasteiger partial charge in [-0.15, -0.1) is 0 Å². The summed E-state index contributed by atoms with van der Waals surface area (Å²) in [5.74, 6) is 0.938. The van der Waals surface area contributed by atoms with Gasteiger partial charge in [0.05, 0.1) is 5.60 Å². The van der Waals surface area contributed by atoms with Gasteiger partial charge in [0, 0.05) is 50.6 Å². The van der Waals surface area contributed by atoms with Crippen molar-refractivity contribution < 1.29 is 19.8 Å². The van der Waals surface area contributed by atoms with Crippen LogP contribution in [0.15, 0.2) is 18.2 Å². The molecular weight excluding hydrogens is 480 g/mol. The molecule has 0 unspecified atom stereocenters. The summed E-state index contributed by atoms with van der Waals surface area (Å²) in [5, 5.41) is 23.4. The van der Waals surface area contributed by atoms with Crippen LogP contribution in [0.2, 0.25) is 0 Å². The highest BCUT2D eigenvalue weighted by Crippen LogP contribution is 2.56. The molecule has 2 aliphatic heterocycles. The van der Waals surface area contributed by atoms with Crippen LogP contribution in [0, 0.1) is 11.8 Å². The number of carbonyl (C=O) groups excluding carboxylic acids is 2. The molecule has 8 nitrogen and oxygen atoms in total. The van der Waals surface area contributed by atoms with Crippen molar-refractivity contribution in [2.45, 2.75) is 74.8 Å². The summed E-state index contributed by atoms with van der Waals surface area (Å²) in [6.45, 7) is 4.31. The smallest absolute Gasteiger partial charge is 0.326 e. The second-order valence-electron chi connectivity index (χ2n) is 13.1. The highest BCUT2D eigenvalue weighted by molar-refractivity contribution is 5.95. The van der Waals surface area contributed by atoms with Crippen LogP contribution >= 0.6 is 0 Å². The van der Waals surface area contributed by atoms with Crippen molar-refractivity contribution in [2.24, 2.45) is 11.8 Å². The SMILES string of the molecule is CN(C)CCN1CC[C@]23CC(=O)N(CC4CC4)C(=O)N(CC4CC4)CCC[C@@]2(O)[C@H]1Cc1ccc(O)cc13. The molecule has 1 aromatic rings. The van der Waals surface area contributed by atoms with Gasteiger partial charge in [0.25, 0.3) is 0 Å². The lowest BCUT2D eigenvalue weighted by Crippen LogP contribution is -2.73.